The lowest BCUT2D eigenvalue weighted by atomic mass is 10.1. The number of nitrogens with one attached hydrogen (secondary N) is 2. The van der Waals surface area contributed by atoms with Gasteiger partial charge in [-0.2, -0.15) is 0 Å². The van der Waals surface area contributed by atoms with Crippen molar-refractivity contribution in [3.05, 3.63) is 93.0 Å². The summed E-state index contributed by atoms with van der Waals surface area (Å²) in [6, 6.07) is 13.9. The van der Waals surface area contributed by atoms with Gasteiger partial charge in [0.1, 0.15) is 0 Å². The highest BCUT2D eigenvalue weighted by Crippen LogP contribution is 2.22. The number of anilines is 2. The molecule has 0 aromatic heterocycles. The van der Waals surface area contributed by atoms with Crippen LogP contribution >= 0.6 is 0 Å². The van der Waals surface area contributed by atoms with Gasteiger partial charge in [-0.3, -0.25) is 19.6 Å². The summed E-state index contributed by atoms with van der Waals surface area (Å²) in [5.74, 6) is -1.51. The third-order valence-electron chi connectivity index (χ3n) is 5.08. The Morgan fingerprint density at radius 3 is 2.14 bits per heavy atom. The summed E-state index contributed by atoms with van der Waals surface area (Å²) in [4.78, 5) is 35.2. The maximum Gasteiger partial charge on any atom is 0.338 e. The minimum atomic E-state index is -3.87. The molecule has 0 aliphatic carbocycles. The Morgan fingerprint density at radius 2 is 1.54 bits per heavy atom. The molecular formula is C24H23N3O7S. The van der Waals surface area contributed by atoms with E-state index in [4.69, 9.17) is 4.74 Å². The molecule has 10 nitrogen and oxygen atoms in total. The van der Waals surface area contributed by atoms with Gasteiger partial charge in [-0.15, -0.1) is 0 Å². The number of sulfonamides is 1. The van der Waals surface area contributed by atoms with E-state index in [1.165, 1.54) is 30.3 Å². The molecule has 35 heavy (non-hydrogen) atoms. The van der Waals surface area contributed by atoms with Crippen LogP contribution in [0.4, 0.5) is 17.1 Å². The number of esters is 1. The molecule has 3 rings (SSSR count). The van der Waals surface area contributed by atoms with Gasteiger partial charge < -0.3 is 10.1 Å². The number of benzene rings is 3. The third kappa shape index (κ3) is 6.21. The SMILES string of the molecule is CCOC(=O)c1cc(C(=O)Nc2ccc(S(=O)(=O)Nc3ccc(C)c(C)c3)cc2)cc([N+](=O)[O-])c1. The number of carbonyl (C=O) groups excluding carboxylic acids is 2. The number of non-ortho nitro benzene ring substituents is 1. The molecule has 11 heteroatoms. The van der Waals surface area contributed by atoms with Crippen molar-refractivity contribution in [1.82, 2.24) is 0 Å². The minimum Gasteiger partial charge on any atom is -0.462 e. The molecule has 0 unspecified atom stereocenters. The molecule has 2 N–H and O–H groups in total. The number of nitro groups is 1. The van der Waals surface area contributed by atoms with Crippen molar-refractivity contribution in [2.45, 2.75) is 25.7 Å². The summed E-state index contributed by atoms with van der Waals surface area (Å²) in [6.45, 7) is 5.45. The van der Waals surface area contributed by atoms with Crippen LogP contribution in [0.25, 0.3) is 0 Å². The van der Waals surface area contributed by atoms with E-state index in [0.717, 1.165) is 23.3 Å². The number of amides is 1. The van der Waals surface area contributed by atoms with Crippen molar-refractivity contribution in [3.8, 4) is 0 Å². The van der Waals surface area contributed by atoms with Crippen molar-refractivity contribution in [2.24, 2.45) is 0 Å². The fraction of sp³-hybridized carbons (Fsp3) is 0.167. The van der Waals surface area contributed by atoms with Crippen LogP contribution in [0.1, 0.15) is 38.8 Å². The average molecular weight is 498 g/mol. The van der Waals surface area contributed by atoms with Gasteiger partial charge in [0, 0.05) is 29.1 Å². The lowest BCUT2D eigenvalue weighted by Crippen LogP contribution is -2.15. The highest BCUT2D eigenvalue weighted by molar-refractivity contribution is 7.92. The molecule has 3 aromatic carbocycles. The monoisotopic (exact) mass is 497 g/mol. The van der Waals surface area contributed by atoms with Crippen LogP contribution < -0.4 is 10.0 Å². The zero-order valence-electron chi connectivity index (χ0n) is 19.2. The molecule has 0 fully saturated rings. The van der Waals surface area contributed by atoms with E-state index in [2.05, 4.69) is 10.0 Å². The van der Waals surface area contributed by atoms with Crippen LogP contribution in [0.2, 0.25) is 0 Å². The maximum atomic E-state index is 12.7. The van der Waals surface area contributed by atoms with E-state index >= 15 is 0 Å². The van der Waals surface area contributed by atoms with E-state index < -0.39 is 32.5 Å². The molecule has 0 radical (unpaired) electrons. The van der Waals surface area contributed by atoms with Gasteiger partial charge in [0.25, 0.3) is 21.6 Å². The summed E-state index contributed by atoms with van der Waals surface area (Å²) >= 11 is 0. The normalized spacial score (nSPS) is 10.9. The smallest absolute Gasteiger partial charge is 0.338 e. The van der Waals surface area contributed by atoms with Crippen molar-refractivity contribution < 1.29 is 27.7 Å². The second-order valence-corrected chi connectivity index (χ2v) is 9.31. The zero-order chi connectivity index (χ0) is 25.8. The first-order valence-electron chi connectivity index (χ1n) is 10.5. The predicted octanol–water partition coefficient (Wildman–Crippen LogP) is 4.44. The molecule has 0 bridgehead atoms. The van der Waals surface area contributed by atoms with E-state index in [1.807, 2.05) is 19.9 Å². The summed E-state index contributed by atoms with van der Waals surface area (Å²) in [6.07, 6.45) is 0. The highest BCUT2D eigenvalue weighted by atomic mass is 32.2. The molecule has 0 aliphatic rings. The van der Waals surface area contributed by atoms with Crippen LogP contribution in [0.3, 0.4) is 0 Å². The lowest BCUT2D eigenvalue weighted by Gasteiger charge is -2.11. The topological polar surface area (TPSA) is 145 Å². The van der Waals surface area contributed by atoms with Crippen LogP contribution in [-0.4, -0.2) is 31.8 Å². The number of hydrogen-bond donors (Lipinski definition) is 2. The number of aryl methyl sites for hydroxylation is 2. The molecule has 0 saturated heterocycles. The Hall–Kier alpha value is -4.25. The first-order chi connectivity index (χ1) is 16.5. The Morgan fingerprint density at radius 1 is 0.914 bits per heavy atom. The molecule has 0 atom stereocenters. The molecule has 1 amide bonds. The quantitative estimate of drug-likeness (QED) is 0.266. The highest BCUT2D eigenvalue weighted by Gasteiger charge is 2.19. The third-order valence-corrected chi connectivity index (χ3v) is 6.48. The van der Waals surface area contributed by atoms with Gasteiger partial charge in [-0.05, 0) is 74.4 Å². The molecule has 182 valence electrons. The summed E-state index contributed by atoms with van der Waals surface area (Å²) in [5, 5.41) is 13.8. The Labute approximate surface area is 202 Å². The first-order valence-corrected chi connectivity index (χ1v) is 12.0. The van der Waals surface area contributed by atoms with Crippen LogP contribution in [0.5, 0.6) is 0 Å². The first kappa shape index (κ1) is 25.4. The second-order valence-electron chi connectivity index (χ2n) is 7.63. The summed E-state index contributed by atoms with van der Waals surface area (Å²) in [7, 11) is -3.87. The van der Waals surface area contributed by atoms with E-state index in [-0.39, 0.29) is 28.3 Å². The van der Waals surface area contributed by atoms with E-state index in [9.17, 15) is 28.1 Å². The lowest BCUT2D eigenvalue weighted by molar-refractivity contribution is -0.384. The molecule has 0 saturated carbocycles. The van der Waals surface area contributed by atoms with E-state index in [0.29, 0.717) is 5.69 Å². The Bertz CT molecular complexity index is 1400. The van der Waals surface area contributed by atoms with Crippen molar-refractivity contribution in [2.75, 3.05) is 16.6 Å². The van der Waals surface area contributed by atoms with Gasteiger partial charge in [0.15, 0.2) is 0 Å². The van der Waals surface area contributed by atoms with Crippen LogP contribution in [0, 0.1) is 24.0 Å². The van der Waals surface area contributed by atoms with Crippen molar-refractivity contribution in [3.63, 3.8) is 0 Å². The standard InChI is InChI=1S/C24H23N3O7S/c1-4-34-24(29)18-12-17(13-21(14-18)27(30)31)23(28)25-19-7-9-22(10-8-19)35(32,33)26-20-6-5-15(2)16(3)11-20/h5-14,26H,4H2,1-3H3,(H,25,28). The van der Waals surface area contributed by atoms with Gasteiger partial charge in [-0.25, -0.2) is 13.2 Å². The fourth-order valence-corrected chi connectivity index (χ4v) is 4.17. The van der Waals surface area contributed by atoms with Crippen LogP contribution in [0.15, 0.2) is 65.6 Å². The Balaban J connectivity index is 1.79. The number of ether oxygens (including phenoxy) is 1. The molecular weight excluding hydrogens is 474 g/mol. The Kier molecular flexibility index (Phi) is 7.50. The molecule has 0 aliphatic heterocycles. The second kappa shape index (κ2) is 10.3. The van der Waals surface area contributed by atoms with Crippen molar-refractivity contribution >= 4 is 39.0 Å². The summed E-state index contributed by atoms with van der Waals surface area (Å²) in [5.41, 5.74) is 1.94. The zero-order valence-corrected chi connectivity index (χ0v) is 20.0. The maximum absolute atomic E-state index is 12.7. The summed E-state index contributed by atoms with van der Waals surface area (Å²) < 4.78 is 32.8. The molecule has 3 aromatic rings. The number of rotatable bonds is 8. The van der Waals surface area contributed by atoms with E-state index in [1.54, 1.807) is 19.1 Å². The van der Waals surface area contributed by atoms with Gasteiger partial charge >= 0.3 is 5.97 Å². The largest absolute Gasteiger partial charge is 0.462 e. The molecule has 0 heterocycles. The van der Waals surface area contributed by atoms with Gasteiger partial charge in [0.2, 0.25) is 0 Å². The predicted molar refractivity (Wildman–Crippen MR) is 130 cm³/mol. The van der Waals surface area contributed by atoms with Crippen molar-refractivity contribution in [1.29, 1.82) is 0 Å². The van der Waals surface area contributed by atoms with Crippen LogP contribution in [-0.2, 0) is 14.8 Å². The number of carbonyl (C=O) groups is 2. The molecule has 0 spiro atoms. The average Bonchev–Trinajstić information content (AvgIpc) is 2.81. The number of nitro benzene ring substituents is 1. The van der Waals surface area contributed by atoms with Gasteiger partial charge in [0.05, 0.1) is 22.0 Å². The van der Waals surface area contributed by atoms with Gasteiger partial charge in [-0.1, -0.05) is 6.07 Å². The number of nitrogens with zero attached hydrogens (tertiary/aromatic N) is 1. The number of hydrogen-bond acceptors (Lipinski definition) is 7. The minimum absolute atomic E-state index is 0.0197. The fourth-order valence-electron chi connectivity index (χ4n) is 3.12.